The van der Waals surface area contributed by atoms with E-state index < -0.39 is 0 Å². The molecule has 2 atom stereocenters. The number of piperidine rings is 1. The number of carbonyl (C=O) groups excluding carboxylic acids is 1. The van der Waals surface area contributed by atoms with Gasteiger partial charge in [-0.2, -0.15) is 0 Å². The Labute approximate surface area is 181 Å². The number of aryl methyl sites for hydroxylation is 1. The largest absolute Gasteiger partial charge is 0.349 e. The first-order chi connectivity index (χ1) is 12.2. The number of hydrogen-bond donors (Lipinski definition) is 2. The van der Waals surface area contributed by atoms with Crippen molar-refractivity contribution < 1.29 is 4.79 Å². The molecule has 0 saturated carbocycles. The minimum absolute atomic E-state index is 0. The van der Waals surface area contributed by atoms with Crippen LogP contribution in [0.3, 0.4) is 0 Å². The van der Waals surface area contributed by atoms with E-state index in [1.165, 1.54) is 17.7 Å². The van der Waals surface area contributed by atoms with E-state index in [9.17, 15) is 4.79 Å². The molecule has 2 N–H and O–H groups in total. The van der Waals surface area contributed by atoms with Gasteiger partial charge in [0.1, 0.15) is 0 Å². The Bertz CT molecular complexity index is 742. The van der Waals surface area contributed by atoms with Crippen LogP contribution in [0, 0.1) is 6.92 Å². The van der Waals surface area contributed by atoms with Crippen LogP contribution in [-0.2, 0) is 5.75 Å². The molecule has 4 nitrogen and oxygen atoms in total. The predicted molar refractivity (Wildman–Crippen MR) is 118 cm³/mol. The number of benzene rings is 1. The Hall–Kier alpha value is -0.790. The lowest BCUT2D eigenvalue weighted by Crippen LogP contribution is -2.48. The Morgan fingerprint density at radius 2 is 1.89 bits per heavy atom. The van der Waals surface area contributed by atoms with Gasteiger partial charge in [-0.3, -0.25) is 4.79 Å². The molecule has 0 aliphatic carbocycles. The van der Waals surface area contributed by atoms with Crippen LogP contribution >= 0.6 is 47.9 Å². The summed E-state index contributed by atoms with van der Waals surface area (Å²) in [5.41, 5.74) is 1.87. The molecule has 1 aromatic heterocycles. The predicted octanol–water partition coefficient (Wildman–Crippen LogP) is 4.60. The van der Waals surface area contributed by atoms with Gasteiger partial charge in [-0.15, -0.1) is 47.9 Å². The van der Waals surface area contributed by atoms with Crippen LogP contribution < -0.4 is 10.6 Å². The van der Waals surface area contributed by atoms with Crippen LogP contribution in [-0.4, -0.2) is 29.0 Å². The number of nitrogens with zero attached hydrogens (tertiary/aromatic N) is 1. The lowest BCUT2D eigenvalue weighted by atomic mass is 9.99. The van der Waals surface area contributed by atoms with Gasteiger partial charge in [0.05, 0.1) is 10.7 Å². The number of thioether (sulfide) groups is 1. The first kappa shape index (κ1) is 22.5. The monoisotopic (exact) mass is 445 g/mol. The number of carbonyl (C=O) groups is 1. The van der Waals surface area contributed by atoms with Crippen molar-refractivity contribution in [1.29, 1.82) is 0 Å². The number of hydrogen-bond acceptors (Lipinski definition) is 5. The van der Waals surface area contributed by atoms with Crippen LogP contribution in [0.5, 0.6) is 0 Å². The van der Waals surface area contributed by atoms with Gasteiger partial charge in [0.25, 0.3) is 5.91 Å². The highest BCUT2D eigenvalue weighted by atomic mass is 35.5. The molecule has 4 rings (SSSR count). The van der Waals surface area contributed by atoms with Gasteiger partial charge in [-0.1, -0.05) is 0 Å². The molecular formula is C19H25Cl2N3OS2. The topological polar surface area (TPSA) is 54.0 Å². The van der Waals surface area contributed by atoms with E-state index in [1.54, 1.807) is 23.1 Å². The molecule has 1 aromatic carbocycles. The fourth-order valence-corrected chi connectivity index (χ4v) is 5.29. The van der Waals surface area contributed by atoms with Crippen molar-refractivity contribution in [3.8, 4) is 0 Å². The molecule has 2 aromatic rings. The molecule has 8 heteroatoms. The van der Waals surface area contributed by atoms with E-state index in [0.29, 0.717) is 18.1 Å². The SMILES string of the molecule is Cc1nc(CSc2ccc(C(=O)NC3CC4CCC(C3)N4)cc2)cs1.Cl.Cl. The highest BCUT2D eigenvalue weighted by Gasteiger charge is 2.34. The van der Waals surface area contributed by atoms with Crippen molar-refractivity contribution in [1.82, 2.24) is 15.6 Å². The minimum atomic E-state index is 0. The van der Waals surface area contributed by atoms with Crippen molar-refractivity contribution in [2.24, 2.45) is 0 Å². The molecule has 2 bridgehead atoms. The van der Waals surface area contributed by atoms with Crippen molar-refractivity contribution in [3.05, 3.63) is 45.9 Å². The first-order valence-electron chi connectivity index (χ1n) is 8.86. The van der Waals surface area contributed by atoms with Crippen LogP contribution in [0.15, 0.2) is 34.5 Å². The van der Waals surface area contributed by atoms with Gasteiger partial charge < -0.3 is 10.6 Å². The lowest BCUT2D eigenvalue weighted by Gasteiger charge is -2.29. The third-order valence-electron chi connectivity index (χ3n) is 4.98. The van der Waals surface area contributed by atoms with E-state index in [1.807, 2.05) is 31.2 Å². The van der Waals surface area contributed by atoms with Gasteiger partial charge >= 0.3 is 0 Å². The Morgan fingerprint density at radius 3 is 2.48 bits per heavy atom. The van der Waals surface area contributed by atoms with Gasteiger partial charge in [0, 0.05) is 39.7 Å². The Kier molecular flexibility index (Phi) is 8.43. The Morgan fingerprint density at radius 1 is 1.22 bits per heavy atom. The summed E-state index contributed by atoms with van der Waals surface area (Å²) in [6.07, 6.45) is 4.62. The zero-order valence-corrected chi connectivity index (χ0v) is 18.4. The standard InChI is InChI=1S/C19H23N3OS2.2ClH/c1-12-20-17(10-24-12)11-25-18-6-2-13(3-7-18)19(23)22-16-8-14-4-5-15(9-16)21-14;;/h2-3,6-7,10,14-16,21H,4-5,8-9,11H2,1H3,(H,22,23);2*1H. The molecule has 0 spiro atoms. The molecule has 2 saturated heterocycles. The summed E-state index contributed by atoms with van der Waals surface area (Å²) in [5.74, 6) is 0.922. The van der Waals surface area contributed by atoms with Crippen LogP contribution in [0.2, 0.25) is 0 Å². The Balaban J connectivity index is 0.00000131. The van der Waals surface area contributed by atoms with Gasteiger partial charge in [0.2, 0.25) is 0 Å². The first-order valence-corrected chi connectivity index (χ1v) is 10.7. The van der Waals surface area contributed by atoms with Gasteiger partial charge in [0.15, 0.2) is 0 Å². The minimum Gasteiger partial charge on any atom is -0.349 e. The van der Waals surface area contributed by atoms with E-state index >= 15 is 0 Å². The summed E-state index contributed by atoms with van der Waals surface area (Å²) in [5, 5.41) is 10.0. The second-order valence-corrected chi connectivity index (χ2v) is 9.06. The van der Waals surface area contributed by atoms with E-state index in [-0.39, 0.29) is 30.7 Å². The quantitative estimate of drug-likeness (QED) is 0.660. The zero-order chi connectivity index (χ0) is 17.2. The number of amides is 1. The van der Waals surface area contributed by atoms with E-state index in [0.717, 1.165) is 34.9 Å². The van der Waals surface area contributed by atoms with Crippen molar-refractivity contribution >= 4 is 53.8 Å². The molecule has 3 heterocycles. The fraction of sp³-hybridized carbons (Fsp3) is 0.474. The number of fused-ring (bicyclic) bond motifs is 2. The van der Waals surface area contributed by atoms with E-state index in [2.05, 4.69) is 21.0 Å². The van der Waals surface area contributed by atoms with E-state index in [4.69, 9.17) is 0 Å². The second kappa shape index (κ2) is 10.1. The van der Waals surface area contributed by atoms with Crippen molar-refractivity contribution in [2.75, 3.05) is 0 Å². The lowest BCUT2D eigenvalue weighted by molar-refractivity contribution is 0.0924. The second-order valence-electron chi connectivity index (χ2n) is 6.95. The molecule has 148 valence electrons. The number of aromatic nitrogens is 1. The average molecular weight is 446 g/mol. The van der Waals surface area contributed by atoms with Crippen LogP contribution in [0.25, 0.3) is 0 Å². The molecule has 2 aliphatic heterocycles. The molecule has 0 radical (unpaired) electrons. The third-order valence-corrected chi connectivity index (χ3v) is 6.85. The van der Waals surface area contributed by atoms with Crippen molar-refractivity contribution in [3.63, 3.8) is 0 Å². The van der Waals surface area contributed by atoms with Crippen LogP contribution in [0.1, 0.15) is 46.7 Å². The summed E-state index contributed by atoms with van der Waals surface area (Å²) in [6, 6.07) is 9.43. The molecule has 27 heavy (non-hydrogen) atoms. The van der Waals surface area contributed by atoms with Crippen molar-refractivity contribution in [2.45, 2.75) is 61.4 Å². The third kappa shape index (κ3) is 5.84. The maximum atomic E-state index is 12.5. The smallest absolute Gasteiger partial charge is 0.251 e. The summed E-state index contributed by atoms with van der Waals surface area (Å²) >= 11 is 3.44. The van der Waals surface area contributed by atoms with Crippen LogP contribution in [0.4, 0.5) is 0 Å². The maximum absolute atomic E-state index is 12.5. The summed E-state index contributed by atoms with van der Waals surface area (Å²) in [4.78, 5) is 18.1. The highest BCUT2D eigenvalue weighted by molar-refractivity contribution is 7.98. The van der Waals surface area contributed by atoms with Gasteiger partial charge in [-0.05, 0) is 56.9 Å². The number of thiazole rings is 1. The molecule has 2 fully saturated rings. The number of rotatable bonds is 5. The summed E-state index contributed by atoms with van der Waals surface area (Å²) < 4.78 is 0. The fourth-order valence-electron chi connectivity index (χ4n) is 3.78. The number of halogens is 2. The molecular weight excluding hydrogens is 421 g/mol. The highest BCUT2D eigenvalue weighted by Crippen LogP contribution is 2.27. The zero-order valence-electron chi connectivity index (χ0n) is 15.1. The van der Waals surface area contributed by atoms with Gasteiger partial charge in [-0.25, -0.2) is 4.98 Å². The number of nitrogens with one attached hydrogen (secondary N) is 2. The normalized spacial score (nSPS) is 23.2. The molecule has 2 aliphatic rings. The summed E-state index contributed by atoms with van der Waals surface area (Å²) in [6.45, 7) is 2.03. The molecule has 2 unspecified atom stereocenters. The molecule has 1 amide bonds. The average Bonchev–Trinajstić information content (AvgIpc) is 3.18. The summed E-state index contributed by atoms with van der Waals surface area (Å²) in [7, 11) is 0. The maximum Gasteiger partial charge on any atom is 0.251 e.